The molecule has 0 aromatic heterocycles. The molecule has 0 heterocycles. The van der Waals surface area contributed by atoms with Crippen LogP contribution in [-0.2, 0) is 4.74 Å². The minimum Gasteiger partial charge on any atom is -0.444 e. The number of amides is 1. The Kier molecular flexibility index (Phi) is 4.97. The molecule has 1 aliphatic carbocycles. The lowest BCUT2D eigenvalue weighted by Crippen LogP contribution is -2.47. The molecule has 1 N–H and O–H groups in total. The predicted molar refractivity (Wildman–Crippen MR) is 88.9 cm³/mol. The minimum atomic E-state index is -0.447. The van der Waals surface area contributed by atoms with E-state index in [0.717, 1.165) is 18.2 Å². The van der Waals surface area contributed by atoms with Crippen LogP contribution in [0.25, 0.3) is 0 Å². The molecule has 2 rings (SSSR count). The van der Waals surface area contributed by atoms with Crippen LogP contribution in [0.3, 0.4) is 0 Å². The molecule has 1 aromatic rings. The van der Waals surface area contributed by atoms with Gasteiger partial charge in [0.25, 0.3) is 0 Å². The van der Waals surface area contributed by atoms with Gasteiger partial charge in [0.2, 0.25) is 0 Å². The topological polar surface area (TPSA) is 38.3 Å². The first kappa shape index (κ1) is 16.3. The second kappa shape index (κ2) is 6.39. The zero-order chi connectivity index (χ0) is 15.5. The van der Waals surface area contributed by atoms with Crippen LogP contribution >= 0.6 is 15.9 Å². The van der Waals surface area contributed by atoms with Gasteiger partial charge in [-0.15, -0.1) is 0 Å². The second-order valence-electron chi connectivity index (χ2n) is 7.00. The Balaban J connectivity index is 1.84. The molecule has 0 spiro atoms. The van der Waals surface area contributed by atoms with Crippen molar-refractivity contribution < 1.29 is 9.53 Å². The van der Waals surface area contributed by atoms with Crippen LogP contribution in [0.1, 0.15) is 45.1 Å². The van der Waals surface area contributed by atoms with E-state index >= 15 is 0 Å². The number of rotatable bonds is 4. The van der Waals surface area contributed by atoms with Crippen LogP contribution in [0, 0.1) is 5.41 Å². The highest BCUT2D eigenvalue weighted by atomic mass is 79.9. The molecule has 0 atom stereocenters. The Morgan fingerprint density at radius 3 is 2.48 bits per heavy atom. The molecule has 3 nitrogen and oxygen atoms in total. The van der Waals surface area contributed by atoms with Crippen molar-refractivity contribution in [2.24, 2.45) is 5.41 Å². The number of benzene rings is 1. The third-order valence-electron chi connectivity index (χ3n) is 3.92. The predicted octanol–water partition coefficient (Wildman–Crippen LogP) is 4.47. The number of carbonyl (C=O) groups is 1. The summed E-state index contributed by atoms with van der Waals surface area (Å²) in [4.78, 5) is 11.8. The highest BCUT2D eigenvalue weighted by Crippen LogP contribution is 2.51. The van der Waals surface area contributed by atoms with Gasteiger partial charge in [0, 0.05) is 11.9 Å². The molecule has 1 aromatic carbocycles. The normalized spacial score (nSPS) is 25.0. The molecule has 4 heteroatoms. The fraction of sp³-hybridized carbons (Fsp3) is 0.588. The molecule has 1 saturated carbocycles. The first-order chi connectivity index (χ1) is 9.84. The number of nitrogens with one attached hydrogen (secondary N) is 1. The van der Waals surface area contributed by atoms with E-state index in [1.54, 1.807) is 0 Å². The van der Waals surface area contributed by atoms with Crippen molar-refractivity contribution in [1.82, 2.24) is 5.32 Å². The number of hydrogen-bond donors (Lipinski definition) is 1. The zero-order valence-electron chi connectivity index (χ0n) is 13.0. The van der Waals surface area contributed by atoms with Crippen LogP contribution < -0.4 is 5.32 Å². The Hall–Kier alpha value is -1.03. The van der Waals surface area contributed by atoms with Gasteiger partial charge in [-0.1, -0.05) is 46.3 Å². The third-order valence-corrected chi connectivity index (χ3v) is 5.11. The van der Waals surface area contributed by atoms with Gasteiger partial charge in [0.1, 0.15) is 5.60 Å². The van der Waals surface area contributed by atoms with Gasteiger partial charge in [-0.3, -0.25) is 0 Å². The van der Waals surface area contributed by atoms with Gasteiger partial charge in [0.05, 0.1) is 0 Å². The van der Waals surface area contributed by atoms with E-state index in [2.05, 4.69) is 45.5 Å². The van der Waals surface area contributed by atoms with Gasteiger partial charge in [-0.25, -0.2) is 4.79 Å². The SMILES string of the molecule is CC(C)(C)OC(=O)NCC1(CBr)CC(c2ccccc2)C1. The van der Waals surface area contributed by atoms with E-state index in [9.17, 15) is 4.79 Å². The van der Waals surface area contributed by atoms with Gasteiger partial charge >= 0.3 is 6.09 Å². The van der Waals surface area contributed by atoms with Crippen LogP contribution in [0.2, 0.25) is 0 Å². The molecule has 0 radical (unpaired) electrons. The van der Waals surface area contributed by atoms with Gasteiger partial charge in [-0.05, 0) is 50.5 Å². The first-order valence-corrected chi connectivity index (χ1v) is 8.53. The molecule has 21 heavy (non-hydrogen) atoms. The van der Waals surface area contributed by atoms with Crippen molar-refractivity contribution >= 4 is 22.0 Å². The highest BCUT2D eigenvalue weighted by molar-refractivity contribution is 9.09. The molecule has 1 fully saturated rings. The fourth-order valence-electron chi connectivity index (χ4n) is 2.82. The van der Waals surface area contributed by atoms with Crippen molar-refractivity contribution in [2.75, 3.05) is 11.9 Å². The third kappa shape index (κ3) is 4.47. The minimum absolute atomic E-state index is 0.150. The Morgan fingerprint density at radius 2 is 1.95 bits per heavy atom. The Morgan fingerprint density at radius 1 is 1.33 bits per heavy atom. The van der Waals surface area contributed by atoms with Crippen molar-refractivity contribution in [1.29, 1.82) is 0 Å². The summed E-state index contributed by atoms with van der Waals surface area (Å²) >= 11 is 3.60. The van der Waals surface area contributed by atoms with Gasteiger partial charge in [0.15, 0.2) is 0 Å². The summed E-state index contributed by atoms with van der Waals surface area (Å²) in [5.41, 5.74) is 1.10. The molecule has 0 aliphatic heterocycles. The van der Waals surface area contributed by atoms with E-state index in [0.29, 0.717) is 12.5 Å². The van der Waals surface area contributed by atoms with Crippen LogP contribution in [0.4, 0.5) is 4.79 Å². The number of hydrogen-bond acceptors (Lipinski definition) is 2. The average Bonchev–Trinajstić information content (AvgIpc) is 2.37. The van der Waals surface area contributed by atoms with Crippen molar-refractivity contribution in [2.45, 2.75) is 45.1 Å². The molecular formula is C17H24BrNO2. The summed E-state index contributed by atoms with van der Waals surface area (Å²) in [6, 6.07) is 10.6. The quantitative estimate of drug-likeness (QED) is 0.810. The summed E-state index contributed by atoms with van der Waals surface area (Å²) in [5.74, 6) is 0.601. The van der Waals surface area contributed by atoms with Crippen molar-refractivity contribution in [3.05, 3.63) is 35.9 Å². The van der Waals surface area contributed by atoms with E-state index < -0.39 is 5.60 Å². The Labute approximate surface area is 135 Å². The molecule has 0 saturated heterocycles. The second-order valence-corrected chi connectivity index (χ2v) is 7.57. The molecule has 116 valence electrons. The van der Waals surface area contributed by atoms with Gasteiger partial charge in [-0.2, -0.15) is 0 Å². The summed E-state index contributed by atoms with van der Waals surface area (Å²) in [6.07, 6.45) is 1.86. The highest BCUT2D eigenvalue weighted by Gasteiger charge is 2.44. The lowest BCUT2D eigenvalue weighted by atomic mass is 9.61. The number of ether oxygens (including phenoxy) is 1. The lowest BCUT2D eigenvalue weighted by Gasteiger charge is -2.47. The lowest BCUT2D eigenvalue weighted by molar-refractivity contribution is 0.0456. The van der Waals surface area contributed by atoms with Crippen LogP contribution in [-0.4, -0.2) is 23.6 Å². The largest absolute Gasteiger partial charge is 0.444 e. The average molecular weight is 354 g/mol. The first-order valence-electron chi connectivity index (χ1n) is 7.41. The van der Waals surface area contributed by atoms with E-state index in [-0.39, 0.29) is 11.5 Å². The zero-order valence-corrected chi connectivity index (χ0v) is 14.6. The van der Waals surface area contributed by atoms with E-state index in [1.807, 2.05) is 26.8 Å². The maximum atomic E-state index is 11.8. The van der Waals surface area contributed by atoms with E-state index in [4.69, 9.17) is 4.74 Å². The molecule has 1 aliphatic rings. The molecular weight excluding hydrogens is 330 g/mol. The molecule has 1 amide bonds. The number of carbonyl (C=O) groups excluding carboxylic acids is 1. The van der Waals surface area contributed by atoms with E-state index in [1.165, 1.54) is 5.56 Å². The summed E-state index contributed by atoms with van der Waals surface area (Å²) in [7, 11) is 0. The summed E-state index contributed by atoms with van der Waals surface area (Å²) < 4.78 is 5.29. The maximum absolute atomic E-state index is 11.8. The number of halogens is 1. The monoisotopic (exact) mass is 353 g/mol. The Bertz CT molecular complexity index is 475. The standard InChI is InChI=1S/C17H24BrNO2/c1-16(2,3)21-15(20)19-12-17(11-18)9-14(10-17)13-7-5-4-6-8-13/h4-8,14H,9-12H2,1-3H3,(H,19,20). The van der Waals surface area contributed by atoms with Crippen molar-refractivity contribution in [3.8, 4) is 0 Å². The molecule has 0 bridgehead atoms. The maximum Gasteiger partial charge on any atom is 0.407 e. The van der Waals surface area contributed by atoms with Gasteiger partial charge < -0.3 is 10.1 Å². The fourth-order valence-corrected chi connectivity index (χ4v) is 3.48. The summed E-state index contributed by atoms with van der Waals surface area (Å²) in [5, 5.41) is 3.82. The van der Waals surface area contributed by atoms with Crippen molar-refractivity contribution in [3.63, 3.8) is 0 Å². The smallest absolute Gasteiger partial charge is 0.407 e. The number of alkyl halides is 1. The van der Waals surface area contributed by atoms with Crippen LogP contribution in [0.15, 0.2) is 30.3 Å². The number of alkyl carbamates (subject to hydrolysis) is 1. The summed E-state index contributed by atoms with van der Waals surface area (Å²) in [6.45, 7) is 6.29. The van der Waals surface area contributed by atoms with Crippen LogP contribution in [0.5, 0.6) is 0 Å². The molecule has 0 unspecified atom stereocenters.